The van der Waals surface area contributed by atoms with Crippen molar-refractivity contribution in [2.24, 2.45) is 5.92 Å². The molecule has 0 bridgehead atoms. The van der Waals surface area contributed by atoms with Gasteiger partial charge in [-0.1, -0.05) is 19.9 Å². The maximum absolute atomic E-state index is 13.4. The van der Waals surface area contributed by atoms with E-state index in [1.165, 1.54) is 0 Å². The average molecular weight is 459 g/mol. The summed E-state index contributed by atoms with van der Waals surface area (Å²) in [5.74, 6) is 2.11. The van der Waals surface area contributed by atoms with E-state index in [1.54, 1.807) is 36.3 Å². The van der Waals surface area contributed by atoms with E-state index in [2.05, 4.69) is 0 Å². The monoisotopic (exact) mass is 458 g/mol. The van der Waals surface area contributed by atoms with E-state index < -0.39 is 5.54 Å². The number of ether oxygens (including phenoxy) is 2. The van der Waals surface area contributed by atoms with Crippen LogP contribution in [0.25, 0.3) is 0 Å². The molecule has 0 aliphatic rings. The topological polar surface area (TPSA) is 72.2 Å². The van der Waals surface area contributed by atoms with Crippen molar-refractivity contribution in [3.63, 3.8) is 0 Å². The van der Waals surface area contributed by atoms with E-state index in [0.29, 0.717) is 43.2 Å². The van der Waals surface area contributed by atoms with Crippen LogP contribution in [0.5, 0.6) is 11.5 Å². The minimum atomic E-state index is -0.457. The van der Waals surface area contributed by atoms with Gasteiger partial charge in [0.1, 0.15) is 12.3 Å². The van der Waals surface area contributed by atoms with E-state index in [0.717, 1.165) is 5.56 Å². The van der Waals surface area contributed by atoms with E-state index in [-0.39, 0.29) is 24.3 Å². The van der Waals surface area contributed by atoms with E-state index in [4.69, 9.17) is 13.9 Å². The predicted molar refractivity (Wildman–Crippen MR) is 128 cm³/mol. The first-order valence-corrected chi connectivity index (χ1v) is 11.4. The Morgan fingerprint density at radius 2 is 1.73 bits per heavy atom. The van der Waals surface area contributed by atoms with Gasteiger partial charge in [0.2, 0.25) is 11.8 Å². The number of amides is 2. The lowest BCUT2D eigenvalue weighted by Gasteiger charge is -2.37. The third-order valence-electron chi connectivity index (χ3n) is 5.38. The smallest absolute Gasteiger partial charge is 0.242 e. The SMILES string of the molecule is COc1ccc(CCN(Cc2ccco2)C(=O)CN(C(=O)CC(C)C)C(C)(C)C)cc1OC. The van der Waals surface area contributed by atoms with Crippen molar-refractivity contribution >= 4 is 11.8 Å². The number of furan rings is 1. The van der Waals surface area contributed by atoms with Crippen LogP contribution in [-0.4, -0.2) is 54.5 Å². The molecule has 0 fully saturated rings. The quantitative estimate of drug-likeness (QED) is 0.494. The second kappa shape index (κ2) is 11.8. The Kier molecular flexibility index (Phi) is 9.38. The Hall–Kier alpha value is -2.96. The summed E-state index contributed by atoms with van der Waals surface area (Å²) >= 11 is 0. The van der Waals surface area contributed by atoms with Crippen LogP contribution in [0.2, 0.25) is 0 Å². The van der Waals surface area contributed by atoms with Gasteiger partial charge < -0.3 is 23.7 Å². The van der Waals surface area contributed by atoms with Crippen molar-refractivity contribution in [2.45, 2.75) is 59.5 Å². The van der Waals surface area contributed by atoms with E-state index >= 15 is 0 Å². The lowest BCUT2D eigenvalue weighted by Crippen LogP contribution is -2.51. The molecule has 2 rings (SSSR count). The van der Waals surface area contributed by atoms with Crippen LogP contribution in [0.1, 0.15) is 52.4 Å². The molecule has 1 aromatic carbocycles. The molecule has 7 nitrogen and oxygen atoms in total. The summed E-state index contributed by atoms with van der Waals surface area (Å²) in [6, 6.07) is 9.40. The fourth-order valence-corrected chi connectivity index (χ4v) is 3.58. The molecule has 2 amide bonds. The van der Waals surface area contributed by atoms with Crippen molar-refractivity contribution in [1.82, 2.24) is 9.80 Å². The zero-order valence-electron chi connectivity index (χ0n) is 21.0. The molecule has 1 heterocycles. The summed E-state index contributed by atoms with van der Waals surface area (Å²) in [6.07, 6.45) is 2.64. The lowest BCUT2D eigenvalue weighted by atomic mass is 10.0. The van der Waals surface area contributed by atoms with Gasteiger partial charge in [-0.25, -0.2) is 0 Å². The molecule has 0 atom stereocenters. The summed E-state index contributed by atoms with van der Waals surface area (Å²) < 4.78 is 16.2. The molecule has 0 saturated carbocycles. The number of benzene rings is 1. The molecule has 33 heavy (non-hydrogen) atoms. The summed E-state index contributed by atoms with van der Waals surface area (Å²) in [5.41, 5.74) is 0.565. The first kappa shape index (κ1) is 26.3. The number of carbonyl (C=O) groups excluding carboxylic acids is 2. The molecular formula is C26H38N2O5. The Balaban J connectivity index is 2.19. The molecule has 0 spiro atoms. The van der Waals surface area contributed by atoms with Crippen LogP contribution in [0.15, 0.2) is 41.0 Å². The predicted octanol–water partition coefficient (Wildman–Crippen LogP) is 4.54. The second-order valence-electron chi connectivity index (χ2n) is 9.58. The molecule has 0 aliphatic heterocycles. The van der Waals surface area contributed by atoms with Gasteiger partial charge in [0, 0.05) is 18.5 Å². The average Bonchev–Trinajstić information content (AvgIpc) is 3.26. The van der Waals surface area contributed by atoms with Crippen LogP contribution in [0.4, 0.5) is 0 Å². The van der Waals surface area contributed by atoms with Crippen molar-refractivity contribution in [1.29, 1.82) is 0 Å². The van der Waals surface area contributed by atoms with Gasteiger partial charge in [0.05, 0.1) is 27.0 Å². The zero-order valence-corrected chi connectivity index (χ0v) is 21.0. The van der Waals surface area contributed by atoms with Crippen molar-refractivity contribution in [3.05, 3.63) is 47.9 Å². The molecule has 2 aromatic rings. The third-order valence-corrected chi connectivity index (χ3v) is 5.38. The summed E-state index contributed by atoms with van der Waals surface area (Å²) in [6.45, 7) is 10.7. The Morgan fingerprint density at radius 1 is 1.03 bits per heavy atom. The summed E-state index contributed by atoms with van der Waals surface area (Å²) in [5, 5.41) is 0. The summed E-state index contributed by atoms with van der Waals surface area (Å²) in [4.78, 5) is 29.7. The minimum absolute atomic E-state index is 0.0105. The van der Waals surface area contributed by atoms with Crippen LogP contribution >= 0.6 is 0 Å². The minimum Gasteiger partial charge on any atom is -0.493 e. The summed E-state index contributed by atoms with van der Waals surface area (Å²) in [7, 11) is 3.20. The molecule has 0 radical (unpaired) electrons. The Labute approximate surface area is 197 Å². The Bertz CT molecular complexity index is 900. The first-order chi connectivity index (χ1) is 15.5. The van der Waals surface area contributed by atoms with Crippen LogP contribution in [-0.2, 0) is 22.6 Å². The number of methoxy groups -OCH3 is 2. The fraction of sp³-hybridized carbons (Fsp3) is 0.538. The lowest BCUT2D eigenvalue weighted by molar-refractivity contribution is -0.145. The van der Waals surface area contributed by atoms with Crippen LogP contribution in [0.3, 0.4) is 0 Å². The van der Waals surface area contributed by atoms with Gasteiger partial charge in [0.15, 0.2) is 11.5 Å². The molecule has 0 saturated heterocycles. The van der Waals surface area contributed by atoms with Gasteiger partial charge in [-0.05, 0) is 62.9 Å². The molecule has 0 N–H and O–H groups in total. The molecule has 0 unspecified atom stereocenters. The molecular weight excluding hydrogens is 420 g/mol. The highest BCUT2D eigenvalue weighted by Gasteiger charge is 2.30. The molecule has 7 heteroatoms. The van der Waals surface area contributed by atoms with Gasteiger partial charge in [-0.2, -0.15) is 0 Å². The highest BCUT2D eigenvalue weighted by molar-refractivity contribution is 5.85. The number of hydrogen-bond donors (Lipinski definition) is 0. The van der Waals surface area contributed by atoms with Crippen LogP contribution in [0, 0.1) is 5.92 Å². The highest BCUT2D eigenvalue weighted by atomic mass is 16.5. The standard InChI is InChI=1S/C26H38N2O5/c1-19(2)15-24(29)28(26(3,4)5)18-25(30)27(17-21-9-8-14-33-21)13-12-20-10-11-22(31-6)23(16-20)32-7/h8-11,14,16,19H,12-13,15,17-18H2,1-7H3. The Morgan fingerprint density at radius 3 is 2.27 bits per heavy atom. The van der Waals surface area contributed by atoms with E-state index in [1.807, 2.05) is 58.9 Å². The maximum atomic E-state index is 13.4. The normalized spacial score (nSPS) is 11.4. The molecule has 1 aromatic heterocycles. The first-order valence-electron chi connectivity index (χ1n) is 11.4. The number of carbonyl (C=O) groups is 2. The van der Waals surface area contributed by atoms with Crippen molar-refractivity contribution < 1.29 is 23.5 Å². The molecule has 0 aliphatic carbocycles. The maximum Gasteiger partial charge on any atom is 0.242 e. The number of hydrogen-bond acceptors (Lipinski definition) is 5. The zero-order chi connectivity index (χ0) is 24.6. The van der Waals surface area contributed by atoms with Crippen molar-refractivity contribution in [3.8, 4) is 11.5 Å². The number of nitrogens with zero attached hydrogens (tertiary/aromatic N) is 2. The highest BCUT2D eigenvalue weighted by Crippen LogP contribution is 2.28. The van der Waals surface area contributed by atoms with Crippen LogP contribution < -0.4 is 9.47 Å². The van der Waals surface area contributed by atoms with Crippen molar-refractivity contribution in [2.75, 3.05) is 27.3 Å². The van der Waals surface area contributed by atoms with Gasteiger partial charge in [-0.15, -0.1) is 0 Å². The third kappa shape index (κ3) is 7.84. The van der Waals surface area contributed by atoms with Gasteiger partial charge in [0.25, 0.3) is 0 Å². The van der Waals surface area contributed by atoms with E-state index in [9.17, 15) is 9.59 Å². The van der Waals surface area contributed by atoms with Gasteiger partial charge in [-0.3, -0.25) is 9.59 Å². The molecule has 182 valence electrons. The number of rotatable bonds is 11. The second-order valence-corrected chi connectivity index (χ2v) is 9.58. The fourth-order valence-electron chi connectivity index (χ4n) is 3.58. The van der Waals surface area contributed by atoms with Gasteiger partial charge >= 0.3 is 0 Å². The largest absolute Gasteiger partial charge is 0.493 e.